The van der Waals surface area contributed by atoms with E-state index in [1.54, 1.807) is 19.9 Å². The van der Waals surface area contributed by atoms with Gasteiger partial charge in [0, 0.05) is 5.88 Å². The first-order valence-electron chi connectivity index (χ1n) is 8.75. The topological polar surface area (TPSA) is 63.3 Å². The average molecular weight is 384 g/mol. The molecule has 0 aromatic rings. The van der Waals surface area contributed by atoms with Crippen LogP contribution in [0.1, 0.15) is 52.9 Å². The first kappa shape index (κ1) is 24.3. The molecule has 7 heteroatoms. The quantitative estimate of drug-likeness (QED) is 0.334. The van der Waals surface area contributed by atoms with Gasteiger partial charge in [0.15, 0.2) is 0 Å². The average Bonchev–Trinajstić information content (AvgIpc) is 2.52. The lowest BCUT2D eigenvalue weighted by Crippen LogP contribution is -2.41. The molecule has 3 N–H and O–H groups in total. The number of carboxylic acid groups (broad SMARTS) is 1. The number of allylic oxidation sites excluding steroid dienone is 1. The van der Waals surface area contributed by atoms with E-state index in [0.29, 0.717) is 24.5 Å². The highest BCUT2D eigenvalue weighted by Crippen LogP contribution is 2.49. The highest BCUT2D eigenvalue weighted by atomic mass is 32.2. The van der Waals surface area contributed by atoms with Crippen molar-refractivity contribution in [3.05, 3.63) is 12.7 Å². The number of rotatable bonds is 13. The number of carboxylic acids is 1. The molecule has 0 aliphatic rings. The SMILES string of the molecule is C=CCCC(CSCN)C(CC(C)(CC)C(CC)C(F)(F)F)C(=O)O. The van der Waals surface area contributed by atoms with Crippen LogP contribution in [0.15, 0.2) is 12.7 Å². The van der Waals surface area contributed by atoms with Gasteiger partial charge in [0.05, 0.1) is 11.8 Å². The van der Waals surface area contributed by atoms with E-state index in [-0.39, 0.29) is 25.2 Å². The molecule has 0 aromatic heterocycles. The maximum absolute atomic E-state index is 13.5. The van der Waals surface area contributed by atoms with Crippen LogP contribution in [0.2, 0.25) is 0 Å². The number of aliphatic carboxylic acids is 1. The Morgan fingerprint density at radius 1 is 1.36 bits per heavy atom. The summed E-state index contributed by atoms with van der Waals surface area (Å²) < 4.78 is 40.4. The van der Waals surface area contributed by atoms with Crippen LogP contribution in [0.25, 0.3) is 0 Å². The molecule has 0 heterocycles. The van der Waals surface area contributed by atoms with Crippen molar-refractivity contribution in [3.8, 4) is 0 Å². The normalized spacial score (nSPS) is 18.2. The number of nitrogens with two attached hydrogens (primary N) is 1. The van der Waals surface area contributed by atoms with Crippen molar-refractivity contribution < 1.29 is 23.1 Å². The van der Waals surface area contributed by atoms with Gasteiger partial charge in [-0.3, -0.25) is 4.79 Å². The Morgan fingerprint density at radius 3 is 2.32 bits per heavy atom. The molecule has 3 nitrogen and oxygen atoms in total. The van der Waals surface area contributed by atoms with Crippen LogP contribution in [0.3, 0.4) is 0 Å². The first-order valence-corrected chi connectivity index (χ1v) is 9.91. The Morgan fingerprint density at radius 2 is 1.96 bits per heavy atom. The molecule has 4 unspecified atom stereocenters. The molecule has 0 spiro atoms. The van der Waals surface area contributed by atoms with E-state index in [4.69, 9.17) is 5.73 Å². The highest BCUT2D eigenvalue weighted by Gasteiger charge is 2.50. The Labute approximate surface area is 153 Å². The third kappa shape index (κ3) is 7.60. The zero-order valence-electron chi connectivity index (χ0n) is 15.4. The van der Waals surface area contributed by atoms with Crippen LogP contribution >= 0.6 is 11.8 Å². The standard InChI is InChI=1S/C18H32F3NO2S/c1-5-8-9-13(11-25-12-22)14(16(23)24)10-17(4,7-3)15(6-2)18(19,20)21/h5,13-15H,1,6-12,22H2,2-4H3,(H,23,24). The van der Waals surface area contributed by atoms with Crippen molar-refractivity contribution in [2.24, 2.45) is 28.9 Å². The molecule has 148 valence electrons. The van der Waals surface area contributed by atoms with Gasteiger partial charge in [0.2, 0.25) is 0 Å². The molecule has 0 radical (unpaired) electrons. The summed E-state index contributed by atoms with van der Waals surface area (Å²) in [6.07, 6.45) is -1.13. The fraction of sp³-hybridized carbons (Fsp3) is 0.833. The number of alkyl halides is 3. The predicted molar refractivity (Wildman–Crippen MR) is 98.4 cm³/mol. The smallest absolute Gasteiger partial charge is 0.392 e. The van der Waals surface area contributed by atoms with Crippen LogP contribution in [0, 0.1) is 23.2 Å². The van der Waals surface area contributed by atoms with Gasteiger partial charge in [-0.1, -0.05) is 33.3 Å². The van der Waals surface area contributed by atoms with Crippen molar-refractivity contribution in [1.82, 2.24) is 0 Å². The Balaban J connectivity index is 5.58. The number of hydrogen-bond donors (Lipinski definition) is 2. The van der Waals surface area contributed by atoms with Gasteiger partial charge in [-0.25, -0.2) is 0 Å². The molecular formula is C18H32F3NO2S. The molecule has 0 saturated carbocycles. The Bertz CT molecular complexity index is 418. The molecule has 0 aliphatic heterocycles. The van der Waals surface area contributed by atoms with E-state index in [1.165, 1.54) is 18.7 Å². The van der Waals surface area contributed by atoms with Crippen LogP contribution < -0.4 is 5.73 Å². The van der Waals surface area contributed by atoms with E-state index in [9.17, 15) is 23.1 Å². The van der Waals surface area contributed by atoms with Crippen LogP contribution in [-0.4, -0.2) is 28.9 Å². The second-order valence-corrected chi connectivity index (χ2v) is 7.90. The second kappa shape index (κ2) is 11.1. The fourth-order valence-corrected chi connectivity index (χ4v) is 4.40. The molecule has 0 amide bonds. The van der Waals surface area contributed by atoms with Gasteiger partial charge in [-0.05, 0) is 42.8 Å². The summed E-state index contributed by atoms with van der Waals surface area (Å²) in [6.45, 7) is 8.45. The van der Waals surface area contributed by atoms with Crippen molar-refractivity contribution in [1.29, 1.82) is 0 Å². The summed E-state index contributed by atoms with van der Waals surface area (Å²) in [6, 6.07) is 0. The predicted octanol–water partition coefficient (Wildman–Crippen LogP) is 5.31. The fourth-order valence-electron chi connectivity index (χ4n) is 3.56. The minimum Gasteiger partial charge on any atom is -0.481 e. The molecular weight excluding hydrogens is 351 g/mol. The lowest BCUT2D eigenvalue weighted by Gasteiger charge is -2.41. The van der Waals surface area contributed by atoms with Crippen molar-refractivity contribution in [2.75, 3.05) is 11.6 Å². The van der Waals surface area contributed by atoms with Gasteiger partial charge < -0.3 is 10.8 Å². The molecule has 0 saturated heterocycles. The Hall–Kier alpha value is -0.690. The van der Waals surface area contributed by atoms with E-state index in [1.807, 2.05) is 0 Å². The van der Waals surface area contributed by atoms with Gasteiger partial charge in [0.1, 0.15) is 0 Å². The lowest BCUT2D eigenvalue weighted by atomic mass is 9.66. The van der Waals surface area contributed by atoms with Gasteiger partial charge >= 0.3 is 12.1 Å². The summed E-state index contributed by atoms with van der Waals surface area (Å²) in [5.41, 5.74) is 4.41. The molecule has 0 rings (SSSR count). The highest BCUT2D eigenvalue weighted by molar-refractivity contribution is 7.99. The maximum Gasteiger partial charge on any atom is 0.392 e. The van der Waals surface area contributed by atoms with E-state index < -0.39 is 29.4 Å². The molecule has 0 bridgehead atoms. The van der Waals surface area contributed by atoms with Crippen LogP contribution in [0.5, 0.6) is 0 Å². The monoisotopic (exact) mass is 383 g/mol. The van der Waals surface area contributed by atoms with Crippen LogP contribution in [0.4, 0.5) is 13.2 Å². The largest absolute Gasteiger partial charge is 0.481 e. The van der Waals surface area contributed by atoms with Crippen molar-refractivity contribution in [3.63, 3.8) is 0 Å². The Kier molecular flexibility index (Phi) is 10.8. The molecule has 4 atom stereocenters. The van der Waals surface area contributed by atoms with Gasteiger partial charge in [-0.2, -0.15) is 13.2 Å². The van der Waals surface area contributed by atoms with Gasteiger partial charge in [0.25, 0.3) is 0 Å². The van der Waals surface area contributed by atoms with Crippen molar-refractivity contribution >= 4 is 17.7 Å². The van der Waals surface area contributed by atoms with Crippen molar-refractivity contribution in [2.45, 2.75) is 59.1 Å². The number of thioether (sulfide) groups is 1. The minimum absolute atomic E-state index is 0.0176. The summed E-state index contributed by atoms with van der Waals surface area (Å²) >= 11 is 1.42. The number of hydrogen-bond acceptors (Lipinski definition) is 3. The lowest BCUT2D eigenvalue weighted by molar-refractivity contribution is -0.211. The van der Waals surface area contributed by atoms with E-state index >= 15 is 0 Å². The van der Waals surface area contributed by atoms with Crippen LogP contribution in [-0.2, 0) is 4.79 Å². The second-order valence-electron chi connectivity index (χ2n) is 6.82. The third-order valence-corrected chi connectivity index (χ3v) is 6.12. The zero-order valence-corrected chi connectivity index (χ0v) is 16.3. The molecule has 0 aliphatic carbocycles. The minimum atomic E-state index is -4.33. The summed E-state index contributed by atoms with van der Waals surface area (Å²) in [4.78, 5) is 11.9. The third-order valence-electron chi connectivity index (χ3n) is 5.22. The molecule has 0 aromatic carbocycles. The van der Waals surface area contributed by atoms with E-state index in [0.717, 1.165) is 0 Å². The summed E-state index contributed by atoms with van der Waals surface area (Å²) in [5, 5.41) is 9.71. The molecule has 25 heavy (non-hydrogen) atoms. The summed E-state index contributed by atoms with van der Waals surface area (Å²) in [5.74, 6) is -2.68. The first-order chi connectivity index (χ1) is 11.6. The number of halogens is 3. The zero-order chi connectivity index (χ0) is 19.7. The van der Waals surface area contributed by atoms with E-state index in [2.05, 4.69) is 6.58 Å². The molecule has 0 fully saturated rings. The maximum atomic E-state index is 13.5. The summed E-state index contributed by atoms with van der Waals surface area (Å²) in [7, 11) is 0. The number of carbonyl (C=O) groups is 1. The van der Waals surface area contributed by atoms with Gasteiger partial charge in [-0.15, -0.1) is 18.3 Å².